The number of thiazole rings is 1. The molecule has 4 heterocycles. The lowest BCUT2D eigenvalue weighted by Crippen LogP contribution is -2.58. The average Bonchev–Trinajstić information content (AvgIpc) is 4.13. The number of nitrogens with one attached hydrogen (secondary N) is 2. The van der Waals surface area contributed by atoms with E-state index >= 15 is 0 Å². The van der Waals surface area contributed by atoms with E-state index in [1.807, 2.05) is 90.4 Å². The van der Waals surface area contributed by atoms with Crippen molar-refractivity contribution >= 4 is 40.4 Å². The van der Waals surface area contributed by atoms with Crippen LogP contribution in [-0.4, -0.2) is 85.9 Å². The van der Waals surface area contributed by atoms with Gasteiger partial charge in [-0.25, -0.2) is 14.6 Å². The number of carbonyl (C=O) groups is 3. The van der Waals surface area contributed by atoms with E-state index in [0.29, 0.717) is 26.0 Å². The first kappa shape index (κ1) is 46.8. The molecule has 3 amide bonds. The van der Waals surface area contributed by atoms with Crippen LogP contribution in [0.25, 0.3) is 27.3 Å². The maximum absolute atomic E-state index is 14.2. The van der Waals surface area contributed by atoms with Crippen LogP contribution in [0.3, 0.4) is 0 Å². The quantitative estimate of drug-likeness (QED) is 0.0797. The third kappa shape index (κ3) is 11.2. The van der Waals surface area contributed by atoms with Crippen molar-refractivity contribution < 1.29 is 23.6 Å². The predicted octanol–water partition coefficient (Wildman–Crippen LogP) is 9.00. The SMILES string of the molecule is Cc1ccc(-c2c(C)noc2C)cc1N(CCCCCOCC(=O)N[C@H](C(=O)N1CCC[C@H]1C(=O)N[C@@H](C)c1ccc(-c2scnc2C)cc1)C(C)(C)C)c1ccc(-n2cncn2)cc1. The zero-order valence-corrected chi connectivity index (χ0v) is 39.6. The van der Waals surface area contributed by atoms with Gasteiger partial charge >= 0.3 is 0 Å². The van der Waals surface area contributed by atoms with Crippen molar-refractivity contribution in [3.8, 4) is 27.3 Å². The normalized spacial score (nSPS) is 14.9. The highest BCUT2D eigenvalue weighted by molar-refractivity contribution is 7.13. The molecule has 1 saturated heterocycles. The van der Waals surface area contributed by atoms with Gasteiger partial charge in [-0.3, -0.25) is 14.4 Å². The number of rotatable bonds is 18. The number of unbranched alkanes of at least 4 members (excludes halogenated alkanes) is 2. The second-order valence-electron chi connectivity index (χ2n) is 18.0. The highest BCUT2D eigenvalue weighted by Crippen LogP contribution is 2.36. The standard InChI is InChI=1S/C50H61N9O5S/c1-32-14-15-39(45-34(3)56-64-36(45)5)27-43(32)57(40-20-22-41(23-21-40)59-30-51-29-53-59)24-10-9-11-26-63-28-44(60)55-47(50(6,7)8)49(62)58-25-12-13-42(58)48(61)54-33(2)37-16-18-38(19-17-37)46-35(4)52-31-65-46/h14-23,27,29-31,33,42,47H,9-13,24-26,28H2,1-8H3,(H,54,61)(H,55,60)/t33-,42-,47+/m0/s1. The fourth-order valence-corrected chi connectivity index (χ4v) is 9.31. The van der Waals surface area contributed by atoms with Crippen molar-refractivity contribution in [2.75, 3.05) is 31.2 Å². The number of nitrogens with zero attached hydrogens (tertiary/aromatic N) is 7. The Kier molecular flexibility index (Phi) is 14.9. The summed E-state index contributed by atoms with van der Waals surface area (Å²) in [5.74, 6) is -0.0383. The molecule has 342 valence electrons. The summed E-state index contributed by atoms with van der Waals surface area (Å²) < 4.78 is 13.1. The second-order valence-corrected chi connectivity index (χ2v) is 18.9. The van der Waals surface area contributed by atoms with Crippen LogP contribution in [0.4, 0.5) is 11.4 Å². The Morgan fingerprint density at radius 2 is 1.69 bits per heavy atom. The van der Waals surface area contributed by atoms with Crippen LogP contribution in [0.5, 0.6) is 0 Å². The zero-order chi connectivity index (χ0) is 46.3. The Hall–Kier alpha value is -6.19. The molecule has 1 aliphatic rings. The minimum absolute atomic E-state index is 0.166. The highest BCUT2D eigenvalue weighted by Gasteiger charge is 2.42. The number of anilines is 2. The molecular weight excluding hydrogens is 839 g/mol. The number of aromatic nitrogens is 5. The molecule has 3 aromatic heterocycles. The van der Waals surface area contributed by atoms with Crippen LogP contribution in [-0.2, 0) is 19.1 Å². The smallest absolute Gasteiger partial charge is 0.246 e. The predicted molar refractivity (Wildman–Crippen MR) is 254 cm³/mol. The third-order valence-corrected chi connectivity index (χ3v) is 13.1. The summed E-state index contributed by atoms with van der Waals surface area (Å²) in [4.78, 5) is 54.7. The molecule has 2 N–H and O–H groups in total. The number of carbonyl (C=O) groups excluding carboxylic acids is 3. The van der Waals surface area contributed by atoms with Gasteiger partial charge in [-0.05, 0) is 125 Å². The minimum atomic E-state index is -0.831. The maximum atomic E-state index is 14.2. The van der Waals surface area contributed by atoms with Gasteiger partial charge in [0.25, 0.3) is 0 Å². The first-order chi connectivity index (χ1) is 31.2. The van der Waals surface area contributed by atoms with E-state index in [-0.39, 0.29) is 30.4 Å². The van der Waals surface area contributed by atoms with Gasteiger partial charge in [0.05, 0.1) is 33.5 Å². The molecule has 3 aromatic carbocycles. The van der Waals surface area contributed by atoms with Gasteiger partial charge in [0.15, 0.2) is 0 Å². The molecule has 0 spiro atoms. The molecule has 0 saturated carbocycles. The fraction of sp³-hybridized carbons (Fsp3) is 0.420. The first-order valence-corrected chi connectivity index (χ1v) is 23.3. The molecule has 0 bridgehead atoms. The molecule has 14 nitrogen and oxygen atoms in total. The van der Waals surface area contributed by atoms with Gasteiger partial charge in [0, 0.05) is 36.6 Å². The number of hydrogen-bond acceptors (Lipinski definition) is 11. The van der Waals surface area contributed by atoms with Crippen LogP contribution in [0.1, 0.15) is 94.1 Å². The molecular formula is C50H61N9O5S. The highest BCUT2D eigenvalue weighted by atomic mass is 32.1. The lowest BCUT2D eigenvalue weighted by Gasteiger charge is -2.35. The maximum Gasteiger partial charge on any atom is 0.246 e. The number of benzene rings is 3. The first-order valence-electron chi connectivity index (χ1n) is 22.4. The number of ether oxygens (including phenoxy) is 1. The van der Waals surface area contributed by atoms with Crippen molar-refractivity contribution in [3.05, 3.63) is 113 Å². The Bertz CT molecular complexity index is 2520. The lowest BCUT2D eigenvalue weighted by molar-refractivity contribution is -0.144. The van der Waals surface area contributed by atoms with E-state index in [4.69, 9.17) is 9.26 Å². The van der Waals surface area contributed by atoms with Crippen molar-refractivity contribution in [3.63, 3.8) is 0 Å². The summed E-state index contributed by atoms with van der Waals surface area (Å²) in [6.07, 6.45) is 6.96. The van der Waals surface area contributed by atoms with E-state index in [1.54, 1.807) is 27.2 Å². The van der Waals surface area contributed by atoms with Crippen molar-refractivity contribution in [1.82, 2.24) is 40.4 Å². The molecule has 65 heavy (non-hydrogen) atoms. The van der Waals surface area contributed by atoms with Gasteiger partial charge in [-0.2, -0.15) is 5.10 Å². The molecule has 3 atom stereocenters. The molecule has 0 aliphatic carbocycles. The summed E-state index contributed by atoms with van der Waals surface area (Å²) in [6, 6.07) is 21.2. The van der Waals surface area contributed by atoms with Gasteiger partial charge < -0.3 is 29.7 Å². The number of aryl methyl sites for hydroxylation is 4. The summed E-state index contributed by atoms with van der Waals surface area (Å²) in [5, 5.41) is 14.6. The van der Waals surface area contributed by atoms with Gasteiger partial charge in [-0.1, -0.05) is 62.3 Å². The van der Waals surface area contributed by atoms with Crippen molar-refractivity contribution in [1.29, 1.82) is 0 Å². The van der Waals surface area contributed by atoms with E-state index in [1.165, 1.54) is 6.33 Å². The summed E-state index contributed by atoms with van der Waals surface area (Å²) in [6.45, 7) is 17.2. The van der Waals surface area contributed by atoms with E-state index in [9.17, 15) is 14.4 Å². The van der Waals surface area contributed by atoms with Gasteiger partial charge in [0.1, 0.15) is 37.1 Å². The minimum Gasteiger partial charge on any atom is -0.372 e. The molecule has 0 radical (unpaired) electrons. The Balaban J connectivity index is 0.911. The third-order valence-electron chi connectivity index (χ3n) is 12.1. The van der Waals surface area contributed by atoms with Crippen molar-refractivity contribution in [2.24, 2.45) is 5.41 Å². The second kappa shape index (κ2) is 20.8. The number of hydrogen-bond donors (Lipinski definition) is 2. The number of amides is 3. The largest absolute Gasteiger partial charge is 0.372 e. The van der Waals surface area contributed by atoms with E-state index in [2.05, 4.69) is 73.0 Å². The van der Waals surface area contributed by atoms with Crippen LogP contribution < -0.4 is 15.5 Å². The monoisotopic (exact) mass is 899 g/mol. The Labute approximate surface area is 385 Å². The van der Waals surface area contributed by atoms with Gasteiger partial charge in [0.2, 0.25) is 17.7 Å². The molecule has 0 unspecified atom stereocenters. The topological polar surface area (TPSA) is 161 Å². The van der Waals surface area contributed by atoms with Crippen LogP contribution in [0.15, 0.2) is 89.4 Å². The lowest BCUT2D eigenvalue weighted by atomic mass is 9.85. The molecule has 1 aliphatic heterocycles. The Morgan fingerprint density at radius 1 is 0.938 bits per heavy atom. The van der Waals surface area contributed by atoms with Crippen molar-refractivity contribution in [2.45, 2.75) is 106 Å². The fourth-order valence-electron chi connectivity index (χ4n) is 8.50. The van der Waals surface area contributed by atoms with E-state index in [0.717, 1.165) is 92.7 Å². The summed E-state index contributed by atoms with van der Waals surface area (Å²) >= 11 is 1.60. The van der Waals surface area contributed by atoms with Crippen LogP contribution in [0.2, 0.25) is 0 Å². The molecule has 6 aromatic rings. The summed E-state index contributed by atoms with van der Waals surface area (Å²) in [7, 11) is 0. The molecule has 15 heteroatoms. The van der Waals surface area contributed by atoms with E-state index < -0.39 is 17.5 Å². The Morgan fingerprint density at radius 3 is 2.35 bits per heavy atom. The molecule has 7 rings (SSSR count). The van der Waals surface area contributed by atoms with Crippen LogP contribution >= 0.6 is 11.3 Å². The number of likely N-dealkylation sites (tertiary alicyclic amines) is 1. The van der Waals surface area contributed by atoms with Crippen LogP contribution in [0, 0.1) is 33.1 Å². The summed E-state index contributed by atoms with van der Waals surface area (Å²) in [5.41, 5.74) is 11.4. The average molecular weight is 900 g/mol. The zero-order valence-electron chi connectivity index (χ0n) is 38.8. The van der Waals surface area contributed by atoms with Gasteiger partial charge in [-0.15, -0.1) is 11.3 Å². The molecule has 1 fully saturated rings.